The van der Waals surface area contributed by atoms with Gasteiger partial charge in [-0.05, 0) is 34.5 Å². The normalized spacial score (nSPS) is 9.00. The van der Waals surface area contributed by atoms with Crippen LogP contribution in [0, 0.1) is 10.7 Å². The van der Waals surface area contributed by atoms with Crippen LogP contribution in [-0.2, 0) is 6.54 Å². The summed E-state index contributed by atoms with van der Waals surface area (Å²) in [5.74, 6) is -0.490. The van der Waals surface area contributed by atoms with E-state index in [2.05, 4.69) is 15.2 Å². The molecule has 5 nitrogen and oxygen atoms in total. The summed E-state index contributed by atoms with van der Waals surface area (Å²) in [6.07, 6.45) is 0. The van der Waals surface area contributed by atoms with Gasteiger partial charge in [0, 0.05) is 4.91 Å². The van der Waals surface area contributed by atoms with Gasteiger partial charge in [0.15, 0.2) is 0 Å². The number of hydrogen-bond acceptors (Lipinski definition) is 3. The van der Waals surface area contributed by atoms with Gasteiger partial charge >= 0.3 is 0 Å². The molecule has 0 saturated carbocycles. The van der Waals surface area contributed by atoms with Crippen LogP contribution in [0.4, 0.5) is 10.1 Å². The predicted octanol–water partition coefficient (Wildman–Crippen LogP) is 3.03. The lowest BCUT2D eigenvalue weighted by Gasteiger charge is -1.98. The lowest BCUT2D eigenvalue weighted by atomic mass is 10.2. The van der Waals surface area contributed by atoms with Gasteiger partial charge in [-0.15, -0.1) is 4.91 Å². The van der Waals surface area contributed by atoms with E-state index in [-0.39, 0.29) is 17.8 Å². The highest BCUT2D eigenvalue weighted by molar-refractivity contribution is 5.45. The first kappa shape index (κ1) is 9.15. The highest BCUT2D eigenvalue weighted by Crippen LogP contribution is 2.20. The fourth-order valence-corrected chi connectivity index (χ4v) is 0.878. The van der Waals surface area contributed by atoms with Crippen molar-refractivity contribution >= 4 is 5.69 Å². The van der Waals surface area contributed by atoms with E-state index in [9.17, 15) is 9.30 Å². The molecule has 0 aliphatic carbocycles. The third kappa shape index (κ3) is 2.25. The van der Waals surface area contributed by atoms with Crippen LogP contribution in [0.25, 0.3) is 10.4 Å². The third-order valence-corrected chi connectivity index (χ3v) is 1.44. The molecule has 0 fully saturated rings. The van der Waals surface area contributed by atoms with Crippen LogP contribution in [0.5, 0.6) is 0 Å². The zero-order valence-corrected chi connectivity index (χ0v) is 6.51. The second-order valence-corrected chi connectivity index (χ2v) is 2.25. The van der Waals surface area contributed by atoms with Gasteiger partial charge in [-0.3, -0.25) is 0 Å². The Bertz CT molecular complexity index is 373. The quantitative estimate of drug-likeness (QED) is 0.304. The molecule has 0 bridgehead atoms. The van der Waals surface area contributed by atoms with E-state index in [0.717, 1.165) is 12.1 Å². The van der Waals surface area contributed by atoms with Crippen molar-refractivity contribution in [3.8, 4) is 0 Å². The van der Waals surface area contributed by atoms with Gasteiger partial charge in [-0.2, -0.15) is 0 Å². The van der Waals surface area contributed by atoms with Crippen LogP contribution in [0.15, 0.2) is 28.5 Å². The number of nitroso groups, excluding NO2 is 1. The summed E-state index contributed by atoms with van der Waals surface area (Å²) in [5.41, 5.74) is 8.39. The summed E-state index contributed by atoms with van der Waals surface area (Å²) in [7, 11) is 0. The fraction of sp³-hybridized carbons (Fsp3) is 0.143. The minimum Gasteiger partial charge on any atom is -0.207 e. The van der Waals surface area contributed by atoms with E-state index in [1.54, 1.807) is 0 Å². The summed E-state index contributed by atoms with van der Waals surface area (Å²) < 4.78 is 12.6. The molecule has 0 aliphatic heterocycles. The molecule has 0 saturated heterocycles. The number of nitrogens with zero attached hydrogens (tertiary/aromatic N) is 4. The van der Waals surface area contributed by atoms with E-state index in [1.165, 1.54) is 6.07 Å². The van der Waals surface area contributed by atoms with E-state index in [1.807, 2.05) is 0 Å². The largest absolute Gasteiger partial charge is 0.207 e. The van der Waals surface area contributed by atoms with Crippen LogP contribution in [0.2, 0.25) is 0 Å². The maximum Gasteiger partial charge on any atom is 0.123 e. The van der Waals surface area contributed by atoms with Gasteiger partial charge in [0.05, 0.1) is 6.54 Å². The molecule has 0 N–H and O–H groups in total. The second-order valence-electron chi connectivity index (χ2n) is 2.25. The number of halogens is 1. The van der Waals surface area contributed by atoms with Gasteiger partial charge in [0.25, 0.3) is 0 Å². The minimum atomic E-state index is -0.490. The Labute approximate surface area is 72.8 Å². The van der Waals surface area contributed by atoms with Crippen molar-refractivity contribution in [2.75, 3.05) is 0 Å². The summed E-state index contributed by atoms with van der Waals surface area (Å²) in [6, 6.07) is 3.48. The van der Waals surface area contributed by atoms with E-state index < -0.39 is 5.82 Å². The molecule has 0 radical (unpaired) electrons. The monoisotopic (exact) mass is 180 g/mol. The molecule has 0 aliphatic rings. The Morgan fingerprint density at radius 3 is 2.92 bits per heavy atom. The standard InChI is InChI=1S/C7H5FN4O/c8-6-1-2-7(11-13)5(3-6)4-10-12-9/h1-3H,4H2. The molecule has 0 amide bonds. The Morgan fingerprint density at radius 2 is 2.31 bits per heavy atom. The zero-order chi connectivity index (χ0) is 9.68. The van der Waals surface area contributed by atoms with Crippen LogP contribution in [-0.4, -0.2) is 0 Å². The molecule has 0 unspecified atom stereocenters. The van der Waals surface area contributed by atoms with Gasteiger partial charge in [-0.1, -0.05) is 5.11 Å². The smallest absolute Gasteiger partial charge is 0.123 e. The average Bonchev–Trinajstić information content (AvgIpc) is 2.15. The molecule has 1 aromatic carbocycles. The fourth-order valence-electron chi connectivity index (χ4n) is 0.878. The molecule has 0 heterocycles. The van der Waals surface area contributed by atoms with Crippen LogP contribution < -0.4 is 0 Å². The minimum absolute atomic E-state index is 0.0741. The SMILES string of the molecule is [N-]=[N+]=NCc1cc(F)ccc1N=O. The first-order valence-corrected chi connectivity index (χ1v) is 3.40. The summed E-state index contributed by atoms with van der Waals surface area (Å²) in [6.45, 7) is -0.0741. The second kappa shape index (κ2) is 4.18. The molecule has 0 spiro atoms. The first-order chi connectivity index (χ1) is 6.27. The highest BCUT2D eigenvalue weighted by atomic mass is 19.1. The van der Waals surface area contributed by atoms with Crippen molar-refractivity contribution in [3.05, 3.63) is 44.9 Å². The molecule has 6 heteroatoms. The third-order valence-electron chi connectivity index (χ3n) is 1.44. The van der Waals surface area contributed by atoms with Gasteiger partial charge in [0.2, 0.25) is 0 Å². The lowest BCUT2D eigenvalue weighted by molar-refractivity contribution is 0.625. The van der Waals surface area contributed by atoms with Crippen molar-refractivity contribution in [2.45, 2.75) is 6.54 Å². The molecule has 0 atom stereocenters. The van der Waals surface area contributed by atoms with Gasteiger partial charge < -0.3 is 0 Å². The maximum atomic E-state index is 12.6. The lowest BCUT2D eigenvalue weighted by Crippen LogP contribution is -1.83. The number of rotatable bonds is 3. The van der Waals surface area contributed by atoms with Gasteiger partial charge in [-0.25, -0.2) is 4.39 Å². The summed E-state index contributed by atoms with van der Waals surface area (Å²) in [4.78, 5) is 12.7. The number of azide groups is 1. The number of benzene rings is 1. The van der Waals surface area contributed by atoms with Crippen molar-refractivity contribution < 1.29 is 4.39 Å². The van der Waals surface area contributed by atoms with Crippen LogP contribution >= 0.6 is 0 Å². The molecule has 1 aromatic rings. The van der Waals surface area contributed by atoms with Crippen molar-refractivity contribution in [3.63, 3.8) is 0 Å². The molecular formula is C7H5FN4O. The maximum absolute atomic E-state index is 12.6. The van der Waals surface area contributed by atoms with Crippen molar-refractivity contribution in [1.82, 2.24) is 0 Å². The number of hydrogen-bond donors (Lipinski definition) is 0. The Hall–Kier alpha value is -1.94. The topological polar surface area (TPSA) is 78.2 Å². The molecule has 0 aromatic heterocycles. The van der Waals surface area contributed by atoms with E-state index in [4.69, 9.17) is 5.53 Å². The molecule has 1 rings (SSSR count). The first-order valence-electron chi connectivity index (χ1n) is 3.40. The summed E-state index contributed by atoms with van der Waals surface area (Å²) in [5, 5.41) is 5.87. The van der Waals surface area contributed by atoms with E-state index in [0.29, 0.717) is 0 Å². The molecule has 66 valence electrons. The Kier molecular flexibility index (Phi) is 2.94. The molecular weight excluding hydrogens is 175 g/mol. The highest BCUT2D eigenvalue weighted by Gasteiger charge is 2.02. The predicted molar refractivity (Wildman–Crippen MR) is 44.7 cm³/mol. The summed E-state index contributed by atoms with van der Waals surface area (Å²) >= 11 is 0. The van der Waals surface area contributed by atoms with E-state index >= 15 is 0 Å². The average molecular weight is 180 g/mol. The molecule has 13 heavy (non-hydrogen) atoms. The van der Waals surface area contributed by atoms with Crippen molar-refractivity contribution in [2.24, 2.45) is 10.3 Å². The van der Waals surface area contributed by atoms with Gasteiger partial charge in [0.1, 0.15) is 11.5 Å². The zero-order valence-electron chi connectivity index (χ0n) is 6.51. The van der Waals surface area contributed by atoms with Crippen LogP contribution in [0.1, 0.15) is 5.56 Å². The Balaban J connectivity index is 3.07. The van der Waals surface area contributed by atoms with Crippen LogP contribution in [0.3, 0.4) is 0 Å². The van der Waals surface area contributed by atoms with Crippen molar-refractivity contribution in [1.29, 1.82) is 0 Å². The Morgan fingerprint density at radius 1 is 1.54 bits per heavy atom.